The van der Waals surface area contributed by atoms with Gasteiger partial charge in [0.05, 0.1) is 13.7 Å². The van der Waals surface area contributed by atoms with E-state index in [1.165, 1.54) is 19.6 Å². The van der Waals surface area contributed by atoms with Crippen molar-refractivity contribution in [2.45, 2.75) is 83.8 Å². The fraction of sp³-hybridized carbons (Fsp3) is 0.640. The summed E-state index contributed by atoms with van der Waals surface area (Å²) >= 11 is 0. The van der Waals surface area contributed by atoms with Gasteiger partial charge < -0.3 is 13.9 Å². The summed E-state index contributed by atoms with van der Waals surface area (Å²) in [5.41, 5.74) is 2.88. The van der Waals surface area contributed by atoms with Crippen molar-refractivity contribution >= 4 is 20.4 Å². The molecule has 0 unspecified atom stereocenters. The molecule has 1 rings (SSSR count). The Morgan fingerprint density at radius 1 is 0.867 bits per heavy atom. The SMILES string of the molecule is COC(=O)/C=C/c1ccc(OCCCCCCO[Si](C(C)C)(C(C)C)C(C)C)cc1. The molecule has 0 spiro atoms. The molecule has 0 fully saturated rings. The van der Waals surface area contributed by atoms with E-state index >= 15 is 0 Å². The number of carbonyl (C=O) groups is 1. The van der Waals surface area contributed by atoms with Gasteiger partial charge in [0.2, 0.25) is 0 Å². The molecule has 0 aliphatic rings. The molecule has 0 saturated carbocycles. The highest BCUT2D eigenvalue weighted by Gasteiger charge is 2.44. The van der Waals surface area contributed by atoms with Crippen LogP contribution in [0.3, 0.4) is 0 Å². The molecule has 0 bridgehead atoms. The highest BCUT2D eigenvalue weighted by Crippen LogP contribution is 2.42. The molecule has 0 aliphatic carbocycles. The first-order valence-corrected chi connectivity index (χ1v) is 13.5. The standard InChI is InChI=1S/C25H42O4Si/c1-20(2)30(21(3)4,22(5)6)29-19-11-9-8-10-18-28-24-15-12-23(13-16-24)14-17-25(26)27-7/h12-17,20-22H,8-11,18-19H2,1-7H3/b17-14+. The van der Waals surface area contributed by atoms with Gasteiger partial charge in [-0.2, -0.15) is 0 Å². The van der Waals surface area contributed by atoms with Crippen LogP contribution in [0.1, 0.15) is 72.8 Å². The second kappa shape index (κ2) is 13.7. The largest absolute Gasteiger partial charge is 0.494 e. The molecule has 30 heavy (non-hydrogen) atoms. The van der Waals surface area contributed by atoms with Crippen molar-refractivity contribution in [3.05, 3.63) is 35.9 Å². The third-order valence-corrected chi connectivity index (χ3v) is 12.0. The van der Waals surface area contributed by atoms with Gasteiger partial charge in [0, 0.05) is 12.7 Å². The van der Waals surface area contributed by atoms with E-state index in [-0.39, 0.29) is 5.97 Å². The maximum absolute atomic E-state index is 11.1. The second-order valence-corrected chi connectivity index (χ2v) is 14.3. The number of benzene rings is 1. The van der Waals surface area contributed by atoms with Gasteiger partial charge in [-0.3, -0.25) is 0 Å². The van der Waals surface area contributed by atoms with E-state index in [0.717, 1.165) is 43.8 Å². The second-order valence-electron chi connectivity index (χ2n) is 8.85. The summed E-state index contributed by atoms with van der Waals surface area (Å²) in [6.45, 7) is 15.6. The first-order chi connectivity index (χ1) is 14.2. The number of hydrogen-bond acceptors (Lipinski definition) is 4. The minimum Gasteiger partial charge on any atom is -0.494 e. The van der Waals surface area contributed by atoms with Gasteiger partial charge in [-0.25, -0.2) is 4.79 Å². The summed E-state index contributed by atoms with van der Waals surface area (Å²) < 4.78 is 17.0. The molecule has 0 atom stereocenters. The summed E-state index contributed by atoms with van der Waals surface area (Å²) in [7, 11) is -0.352. The average molecular weight is 435 g/mol. The van der Waals surface area contributed by atoms with E-state index in [4.69, 9.17) is 9.16 Å². The zero-order valence-corrected chi connectivity index (χ0v) is 21.1. The quantitative estimate of drug-likeness (QED) is 0.137. The third-order valence-electron chi connectivity index (χ3n) is 5.86. The Morgan fingerprint density at radius 2 is 1.40 bits per heavy atom. The monoisotopic (exact) mass is 434 g/mol. The minimum absolute atomic E-state index is 0.355. The molecule has 170 valence electrons. The maximum Gasteiger partial charge on any atom is 0.330 e. The molecule has 1 aromatic carbocycles. The zero-order valence-electron chi connectivity index (χ0n) is 20.1. The lowest BCUT2D eigenvalue weighted by atomic mass is 10.2. The van der Waals surface area contributed by atoms with Gasteiger partial charge >= 0.3 is 5.97 Å². The van der Waals surface area contributed by atoms with E-state index < -0.39 is 8.32 Å². The van der Waals surface area contributed by atoms with Crippen molar-refractivity contribution in [2.24, 2.45) is 0 Å². The van der Waals surface area contributed by atoms with E-state index in [2.05, 4.69) is 46.3 Å². The number of methoxy groups -OCH3 is 1. The lowest BCUT2D eigenvalue weighted by molar-refractivity contribution is -0.134. The first kappa shape index (κ1) is 26.4. The molecule has 0 aliphatic heterocycles. The fourth-order valence-electron chi connectivity index (χ4n) is 4.40. The van der Waals surface area contributed by atoms with Gasteiger partial charge in [-0.15, -0.1) is 0 Å². The summed E-state index contributed by atoms with van der Waals surface area (Å²) in [4.78, 5) is 11.1. The van der Waals surface area contributed by atoms with Gasteiger partial charge in [0.25, 0.3) is 0 Å². The molecule has 5 heteroatoms. The van der Waals surface area contributed by atoms with Crippen LogP contribution in [-0.4, -0.2) is 34.6 Å². The summed E-state index contributed by atoms with van der Waals surface area (Å²) in [6, 6.07) is 7.72. The molecule has 0 heterocycles. The van der Waals surface area contributed by atoms with E-state index in [9.17, 15) is 4.79 Å². The first-order valence-electron chi connectivity index (χ1n) is 11.4. The van der Waals surface area contributed by atoms with E-state index in [1.807, 2.05) is 24.3 Å². The lowest BCUT2D eigenvalue weighted by Crippen LogP contribution is -2.47. The van der Waals surface area contributed by atoms with Crippen LogP contribution >= 0.6 is 0 Å². The maximum atomic E-state index is 11.1. The summed E-state index contributed by atoms with van der Waals surface area (Å²) in [5, 5.41) is 0. The van der Waals surface area contributed by atoms with Crippen molar-refractivity contribution in [2.75, 3.05) is 20.3 Å². The minimum atomic E-state index is -1.72. The van der Waals surface area contributed by atoms with Crippen LogP contribution in [0.25, 0.3) is 6.08 Å². The molecule has 0 saturated heterocycles. The van der Waals surface area contributed by atoms with Gasteiger partial charge in [-0.1, -0.05) is 60.1 Å². The van der Waals surface area contributed by atoms with Crippen molar-refractivity contribution in [1.29, 1.82) is 0 Å². The number of rotatable bonds is 14. The highest BCUT2D eigenvalue weighted by atomic mass is 28.4. The van der Waals surface area contributed by atoms with Crippen LogP contribution in [0.15, 0.2) is 30.3 Å². The van der Waals surface area contributed by atoms with Gasteiger partial charge in [0.1, 0.15) is 5.75 Å². The average Bonchev–Trinajstić information content (AvgIpc) is 2.70. The number of esters is 1. The van der Waals surface area contributed by atoms with Crippen molar-refractivity contribution in [1.82, 2.24) is 0 Å². The van der Waals surface area contributed by atoms with E-state index in [1.54, 1.807) is 6.08 Å². The van der Waals surface area contributed by atoms with Crippen LogP contribution < -0.4 is 4.74 Å². The predicted octanol–water partition coefficient (Wildman–Crippen LogP) is 7.00. The number of hydrogen-bond donors (Lipinski definition) is 0. The molecule has 4 nitrogen and oxygen atoms in total. The smallest absolute Gasteiger partial charge is 0.330 e. The number of carbonyl (C=O) groups excluding carboxylic acids is 1. The molecule has 0 aromatic heterocycles. The van der Waals surface area contributed by atoms with Gasteiger partial charge in [0.15, 0.2) is 8.32 Å². The van der Waals surface area contributed by atoms with Crippen molar-refractivity contribution < 1.29 is 18.7 Å². The Kier molecular flexibility index (Phi) is 12.0. The Balaban J connectivity index is 2.26. The van der Waals surface area contributed by atoms with Crippen LogP contribution in [0.4, 0.5) is 0 Å². The number of ether oxygens (including phenoxy) is 2. The highest BCUT2D eigenvalue weighted by molar-refractivity contribution is 6.77. The van der Waals surface area contributed by atoms with Gasteiger partial charge in [-0.05, 0) is 59.7 Å². The summed E-state index contributed by atoms with van der Waals surface area (Å²) in [6.07, 6.45) is 7.65. The molecular formula is C25H42O4Si. The fourth-order valence-corrected chi connectivity index (χ4v) is 9.90. The summed E-state index contributed by atoms with van der Waals surface area (Å²) in [5.74, 6) is 0.501. The molecule has 0 amide bonds. The Hall–Kier alpha value is -1.59. The molecule has 0 N–H and O–H groups in total. The lowest BCUT2D eigenvalue weighted by Gasteiger charge is -2.42. The number of unbranched alkanes of at least 4 members (excludes halogenated alkanes) is 3. The molecule has 1 aromatic rings. The zero-order chi connectivity index (χ0) is 22.6. The van der Waals surface area contributed by atoms with Crippen molar-refractivity contribution in [3.63, 3.8) is 0 Å². The van der Waals surface area contributed by atoms with Crippen LogP contribution in [-0.2, 0) is 14.0 Å². The van der Waals surface area contributed by atoms with Crippen LogP contribution in [0.5, 0.6) is 5.75 Å². The van der Waals surface area contributed by atoms with Crippen molar-refractivity contribution in [3.8, 4) is 5.75 Å². The normalized spacial score (nSPS) is 12.3. The van der Waals surface area contributed by atoms with Crippen LogP contribution in [0, 0.1) is 0 Å². The third kappa shape index (κ3) is 8.27. The van der Waals surface area contributed by atoms with E-state index in [0.29, 0.717) is 16.6 Å². The van der Waals surface area contributed by atoms with Crippen LogP contribution in [0.2, 0.25) is 16.6 Å². The Labute approximate surface area is 185 Å². The topological polar surface area (TPSA) is 44.8 Å². The molecule has 0 radical (unpaired) electrons. The Morgan fingerprint density at radius 3 is 1.90 bits per heavy atom. The molecular weight excluding hydrogens is 392 g/mol. The predicted molar refractivity (Wildman–Crippen MR) is 128 cm³/mol. The Bertz CT molecular complexity index is 613.